The molecule has 1 fully saturated rings. The summed E-state index contributed by atoms with van der Waals surface area (Å²) in [5, 5.41) is 9.82. The van der Waals surface area contributed by atoms with Crippen molar-refractivity contribution in [1.82, 2.24) is 14.5 Å². The van der Waals surface area contributed by atoms with Gasteiger partial charge in [0.05, 0.1) is 19.3 Å². The third kappa shape index (κ3) is 2.36. The monoisotopic (exact) mass is 320 g/mol. The van der Waals surface area contributed by atoms with Crippen LogP contribution in [0.15, 0.2) is 17.4 Å². The Hall–Kier alpha value is -1.98. The van der Waals surface area contributed by atoms with Crippen molar-refractivity contribution in [3.05, 3.63) is 18.0 Å². The molecule has 1 aliphatic heterocycles. The fourth-order valence-corrected chi connectivity index (χ4v) is 3.35. The molecular weight excluding hydrogens is 304 g/mol. The number of rotatable bonds is 3. The van der Waals surface area contributed by atoms with Gasteiger partial charge in [-0.3, -0.25) is 0 Å². The molecule has 2 aromatic heterocycles. The molecular formula is C14H16N4O3S. The van der Waals surface area contributed by atoms with E-state index in [2.05, 4.69) is 23.0 Å². The number of ether oxygens (including phenoxy) is 1. The summed E-state index contributed by atoms with van der Waals surface area (Å²) in [5.74, 6) is 0.277. The minimum absolute atomic E-state index is 0.0144. The van der Waals surface area contributed by atoms with Crippen LogP contribution in [0.25, 0.3) is 11.0 Å². The number of fused-ring (bicyclic) bond motifs is 1. The van der Waals surface area contributed by atoms with Crippen molar-refractivity contribution in [2.24, 2.45) is 5.92 Å². The van der Waals surface area contributed by atoms with Gasteiger partial charge in [-0.15, -0.1) is 0 Å². The van der Waals surface area contributed by atoms with Gasteiger partial charge in [-0.1, -0.05) is 6.92 Å². The first-order chi connectivity index (χ1) is 10.5. The van der Waals surface area contributed by atoms with Gasteiger partial charge in [0.25, 0.3) is 0 Å². The molecule has 0 amide bonds. The van der Waals surface area contributed by atoms with Crippen molar-refractivity contribution in [1.29, 1.82) is 5.26 Å². The van der Waals surface area contributed by atoms with E-state index in [1.54, 1.807) is 10.6 Å². The van der Waals surface area contributed by atoms with Crippen LogP contribution in [-0.2, 0) is 14.6 Å². The number of nitrogens with zero attached hydrogens (tertiary/aromatic N) is 4. The zero-order chi connectivity index (χ0) is 15.9. The summed E-state index contributed by atoms with van der Waals surface area (Å²) in [5.41, 5.74) is 0.921. The van der Waals surface area contributed by atoms with E-state index in [4.69, 9.17) is 4.74 Å². The van der Waals surface area contributed by atoms with Gasteiger partial charge < -0.3 is 9.30 Å². The Kier molecular flexibility index (Phi) is 3.62. The quantitative estimate of drug-likeness (QED) is 0.791. The molecule has 2 atom stereocenters. The van der Waals surface area contributed by atoms with Crippen molar-refractivity contribution >= 4 is 20.9 Å². The normalized spacial score (nSPS) is 22.0. The second kappa shape index (κ2) is 5.34. The Balaban J connectivity index is 2.25. The van der Waals surface area contributed by atoms with Crippen LogP contribution in [-0.4, -0.2) is 42.4 Å². The van der Waals surface area contributed by atoms with Gasteiger partial charge >= 0.3 is 0 Å². The van der Waals surface area contributed by atoms with Crippen molar-refractivity contribution in [3.63, 3.8) is 0 Å². The van der Waals surface area contributed by atoms with Crippen LogP contribution in [0, 0.1) is 17.2 Å². The Labute approximate surface area is 128 Å². The highest BCUT2D eigenvalue weighted by Gasteiger charge is 2.31. The second-order valence-corrected chi connectivity index (χ2v) is 7.40. The van der Waals surface area contributed by atoms with E-state index >= 15 is 0 Å². The van der Waals surface area contributed by atoms with E-state index < -0.39 is 9.84 Å². The number of nitriles is 1. The van der Waals surface area contributed by atoms with Crippen molar-refractivity contribution in [3.8, 4) is 6.07 Å². The van der Waals surface area contributed by atoms with Gasteiger partial charge in [0.1, 0.15) is 17.4 Å². The highest BCUT2D eigenvalue weighted by Crippen LogP contribution is 2.33. The minimum atomic E-state index is -3.50. The van der Waals surface area contributed by atoms with Crippen LogP contribution in [0.5, 0.6) is 0 Å². The first kappa shape index (κ1) is 14.9. The Bertz CT molecular complexity index is 866. The molecule has 8 heteroatoms. The summed E-state index contributed by atoms with van der Waals surface area (Å²) < 4.78 is 30.7. The summed E-state index contributed by atoms with van der Waals surface area (Å²) in [4.78, 5) is 8.07. The van der Waals surface area contributed by atoms with E-state index in [1.807, 2.05) is 0 Å². The van der Waals surface area contributed by atoms with Crippen LogP contribution in [0.3, 0.4) is 0 Å². The largest absolute Gasteiger partial charge is 0.379 e. The molecule has 1 aliphatic rings. The molecule has 3 heterocycles. The lowest BCUT2D eigenvalue weighted by Gasteiger charge is -2.19. The Morgan fingerprint density at radius 2 is 2.27 bits per heavy atom. The van der Waals surface area contributed by atoms with E-state index in [-0.39, 0.29) is 17.1 Å². The van der Waals surface area contributed by atoms with Crippen LogP contribution >= 0.6 is 0 Å². The fourth-order valence-electron chi connectivity index (χ4n) is 2.86. The lowest BCUT2D eigenvalue weighted by molar-refractivity contribution is 0.180. The highest BCUT2D eigenvalue weighted by molar-refractivity contribution is 7.90. The van der Waals surface area contributed by atoms with Crippen LogP contribution < -0.4 is 0 Å². The Morgan fingerprint density at radius 1 is 1.50 bits per heavy atom. The number of sulfone groups is 1. The first-order valence-electron chi connectivity index (χ1n) is 7.01. The molecule has 0 aromatic carbocycles. The molecule has 0 bridgehead atoms. The standard InChI is InChI=1S/C14H16N4O3S/c1-3-9-7-21-8-12(9)18-11(5-15)4-10-6-16-14(17-13(10)18)22(2,19)20/h4,6,9,12H,3,7-8H2,1-2H3/t9-,12+/m0/s1. The Morgan fingerprint density at radius 3 is 2.91 bits per heavy atom. The average Bonchev–Trinajstić information content (AvgIpc) is 3.08. The molecule has 3 rings (SSSR count). The van der Waals surface area contributed by atoms with Gasteiger partial charge in [-0.05, 0) is 12.5 Å². The topological polar surface area (TPSA) is 97.9 Å². The maximum atomic E-state index is 11.7. The molecule has 0 N–H and O–H groups in total. The molecule has 0 saturated carbocycles. The lowest BCUT2D eigenvalue weighted by atomic mass is 10.0. The molecule has 0 radical (unpaired) electrons. The SMILES string of the molecule is CC[C@H]1COC[C@H]1n1c(C#N)cc2cnc(S(C)(=O)=O)nc21. The molecule has 7 nitrogen and oxygen atoms in total. The van der Waals surface area contributed by atoms with Gasteiger partial charge in [0.2, 0.25) is 15.0 Å². The third-order valence-corrected chi connectivity index (χ3v) is 4.88. The summed E-state index contributed by atoms with van der Waals surface area (Å²) in [6.07, 6.45) is 3.44. The summed E-state index contributed by atoms with van der Waals surface area (Å²) >= 11 is 0. The maximum Gasteiger partial charge on any atom is 0.248 e. The van der Waals surface area contributed by atoms with Crippen molar-refractivity contribution in [2.45, 2.75) is 24.5 Å². The number of hydrogen-bond donors (Lipinski definition) is 0. The van der Waals surface area contributed by atoms with E-state index in [1.165, 1.54) is 6.20 Å². The molecule has 2 aromatic rings. The smallest absolute Gasteiger partial charge is 0.248 e. The zero-order valence-electron chi connectivity index (χ0n) is 12.4. The minimum Gasteiger partial charge on any atom is -0.379 e. The van der Waals surface area contributed by atoms with Gasteiger partial charge in [-0.25, -0.2) is 13.4 Å². The molecule has 22 heavy (non-hydrogen) atoms. The predicted octanol–water partition coefficient (Wildman–Crippen LogP) is 1.30. The molecule has 116 valence electrons. The highest BCUT2D eigenvalue weighted by atomic mass is 32.2. The van der Waals surface area contributed by atoms with Gasteiger partial charge in [0.15, 0.2) is 0 Å². The van der Waals surface area contributed by atoms with Crippen molar-refractivity contribution < 1.29 is 13.2 Å². The zero-order valence-corrected chi connectivity index (χ0v) is 13.2. The number of aromatic nitrogens is 3. The maximum absolute atomic E-state index is 11.7. The number of hydrogen-bond acceptors (Lipinski definition) is 6. The van der Waals surface area contributed by atoms with E-state index in [0.29, 0.717) is 29.9 Å². The summed E-state index contributed by atoms with van der Waals surface area (Å²) in [6, 6.07) is 3.83. The van der Waals surface area contributed by atoms with Crippen LogP contribution in [0.2, 0.25) is 0 Å². The molecule has 0 spiro atoms. The second-order valence-electron chi connectivity index (χ2n) is 5.49. The van der Waals surface area contributed by atoms with E-state index in [9.17, 15) is 13.7 Å². The predicted molar refractivity (Wildman–Crippen MR) is 79.0 cm³/mol. The molecule has 1 saturated heterocycles. The summed E-state index contributed by atoms with van der Waals surface area (Å²) in [6.45, 7) is 3.20. The third-order valence-electron chi connectivity index (χ3n) is 4.02. The van der Waals surface area contributed by atoms with Gasteiger partial charge in [0, 0.05) is 23.8 Å². The fraction of sp³-hybridized carbons (Fsp3) is 0.500. The van der Waals surface area contributed by atoms with Crippen LogP contribution in [0.4, 0.5) is 0 Å². The van der Waals surface area contributed by atoms with Gasteiger partial charge in [-0.2, -0.15) is 10.2 Å². The molecule has 0 unspecified atom stereocenters. The van der Waals surface area contributed by atoms with E-state index in [0.717, 1.165) is 12.7 Å². The first-order valence-corrected chi connectivity index (χ1v) is 8.90. The summed E-state index contributed by atoms with van der Waals surface area (Å²) in [7, 11) is -3.50. The lowest BCUT2D eigenvalue weighted by Crippen LogP contribution is -2.19. The average molecular weight is 320 g/mol. The molecule has 0 aliphatic carbocycles. The van der Waals surface area contributed by atoms with Crippen LogP contribution in [0.1, 0.15) is 25.1 Å². The van der Waals surface area contributed by atoms with Crippen molar-refractivity contribution in [2.75, 3.05) is 19.5 Å².